The van der Waals surface area contributed by atoms with E-state index in [0.717, 1.165) is 21.4 Å². The molecule has 0 amide bonds. The monoisotopic (exact) mass is 475 g/mol. The maximum absolute atomic E-state index is 13.6. The lowest BCUT2D eigenvalue weighted by atomic mass is 9.97. The lowest BCUT2D eigenvalue weighted by Crippen LogP contribution is -2.40. The fourth-order valence-corrected chi connectivity index (χ4v) is 5.11. The summed E-state index contributed by atoms with van der Waals surface area (Å²) in [7, 11) is 4.67. The second-order valence-corrected chi connectivity index (χ2v) is 9.80. The Balaban J connectivity index is 1.96. The molecule has 0 spiro atoms. The number of hydrogen-bond donors (Lipinski definition) is 1. The Morgan fingerprint density at radius 2 is 1.74 bits per heavy atom. The number of aromatic hydroxyl groups is 1. The fourth-order valence-electron chi connectivity index (χ4n) is 5.11. The molecule has 1 atom stereocenters. The Morgan fingerprint density at radius 3 is 2.37 bits per heavy atom. The zero-order chi connectivity index (χ0) is 25.2. The molecule has 0 unspecified atom stereocenters. The first-order chi connectivity index (χ1) is 16.6. The highest BCUT2D eigenvalue weighted by molar-refractivity contribution is 5.96. The molecule has 0 radical (unpaired) electrons. The number of phenolic OH excluding ortho intramolecular Hbond substituents is 1. The van der Waals surface area contributed by atoms with Crippen LogP contribution >= 0.6 is 0 Å². The molecule has 35 heavy (non-hydrogen) atoms. The van der Waals surface area contributed by atoms with Crippen LogP contribution in [0.1, 0.15) is 36.8 Å². The summed E-state index contributed by atoms with van der Waals surface area (Å²) in [5.41, 5.74) is 3.40. The van der Waals surface area contributed by atoms with Crippen LogP contribution in [0.15, 0.2) is 52.1 Å². The summed E-state index contributed by atoms with van der Waals surface area (Å²) in [6.45, 7) is 6.49. The van der Waals surface area contributed by atoms with Crippen LogP contribution in [0.3, 0.4) is 0 Å². The first-order valence-electron chi connectivity index (χ1n) is 11.5. The second-order valence-electron chi connectivity index (χ2n) is 9.80. The van der Waals surface area contributed by atoms with Gasteiger partial charge in [0.05, 0.1) is 41.5 Å². The Kier molecular flexibility index (Phi) is 5.18. The molecule has 0 saturated carbocycles. The van der Waals surface area contributed by atoms with E-state index in [1.54, 1.807) is 19.2 Å². The van der Waals surface area contributed by atoms with Crippen LogP contribution in [0.5, 0.6) is 11.5 Å². The first kappa shape index (κ1) is 23.0. The summed E-state index contributed by atoms with van der Waals surface area (Å²) >= 11 is 0. The van der Waals surface area contributed by atoms with Gasteiger partial charge < -0.3 is 19.1 Å². The third-order valence-electron chi connectivity index (χ3n) is 6.90. The number of rotatable bonds is 3. The van der Waals surface area contributed by atoms with E-state index in [1.807, 2.05) is 37.3 Å². The van der Waals surface area contributed by atoms with Crippen molar-refractivity contribution < 1.29 is 14.6 Å². The van der Waals surface area contributed by atoms with Crippen LogP contribution in [-0.2, 0) is 24.4 Å². The van der Waals surface area contributed by atoms with Crippen LogP contribution in [-0.4, -0.2) is 32.5 Å². The van der Waals surface area contributed by atoms with Gasteiger partial charge in [-0.05, 0) is 44.0 Å². The molecule has 1 N–H and O–H groups in total. The van der Waals surface area contributed by atoms with Crippen molar-refractivity contribution in [3.8, 4) is 22.8 Å². The third-order valence-corrected chi connectivity index (χ3v) is 6.90. The van der Waals surface area contributed by atoms with Gasteiger partial charge in [-0.3, -0.25) is 13.9 Å². The molecule has 0 fully saturated rings. The van der Waals surface area contributed by atoms with Gasteiger partial charge in [0.25, 0.3) is 5.56 Å². The highest BCUT2D eigenvalue weighted by Gasteiger charge is 2.40. The van der Waals surface area contributed by atoms with Crippen LogP contribution in [0.2, 0.25) is 0 Å². The number of benzene rings is 2. The summed E-state index contributed by atoms with van der Waals surface area (Å²) in [6, 6.07) is 13.1. The number of aromatic nitrogens is 3. The van der Waals surface area contributed by atoms with Gasteiger partial charge in [0, 0.05) is 14.1 Å². The molecule has 4 aromatic rings. The Morgan fingerprint density at radius 1 is 1.06 bits per heavy atom. The van der Waals surface area contributed by atoms with Crippen molar-refractivity contribution in [2.75, 3.05) is 13.7 Å². The van der Waals surface area contributed by atoms with Gasteiger partial charge in [-0.15, -0.1) is 0 Å². The van der Waals surface area contributed by atoms with Gasteiger partial charge in [-0.25, -0.2) is 4.79 Å². The van der Waals surface area contributed by atoms with E-state index < -0.39 is 17.3 Å². The average molecular weight is 476 g/mol. The Bertz CT molecular complexity index is 1590. The smallest absolute Gasteiger partial charge is 0.331 e. The maximum Gasteiger partial charge on any atom is 0.331 e. The summed E-state index contributed by atoms with van der Waals surface area (Å²) in [5.74, 6) is 0.344. The van der Waals surface area contributed by atoms with E-state index >= 15 is 0 Å². The predicted octanol–water partition coefficient (Wildman–Crippen LogP) is 3.58. The van der Waals surface area contributed by atoms with Crippen LogP contribution in [0, 0.1) is 6.92 Å². The minimum Gasteiger partial charge on any atom is -0.504 e. The minimum absolute atomic E-state index is 0.00981. The van der Waals surface area contributed by atoms with Crippen molar-refractivity contribution in [1.29, 1.82) is 0 Å². The molecule has 8 nitrogen and oxygen atoms in total. The molecule has 0 bridgehead atoms. The molecule has 1 aliphatic heterocycles. The van der Waals surface area contributed by atoms with Crippen molar-refractivity contribution in [2.45, 2.75) is 32.4 Å². The van der Waals surface area contributed by atoms with E-state index in [2.05, 4.69) is 18.4 Å². The summed E-state index contributed by atoms with van der Waals surface area (Å²) < 4.78 is 16.4. The minimum atomic E-state index is -0.612. The standard InChI is InChI=1S/C27H29N3O5/c1-15-7-9-16(10-8-15)21-20-22(28(4)26(33)29(5)25(20)32)23-24(35-14-27(2,3)30(21)23)17-11-12-19(34-6)18(31)13-17/h7-13,24,31H,14H2,1-6H3/t24-/m1/s1. The third kappa shape index (κ3) is 3.31. The largest absolute Gasteiger partial charge is 0.504 e. The molecule has 8 heteroatoms. The molecule has 0 saturated heterocycles. The molecule has 1 aliphatic rings. The second kappa shape index (κ2) is 7.88. The summed E-state index contributed by atoms with van der Waals surface area (Å²) in [5, 5.41) is 10.9. The first-order valence-corrected chi connectivity index (χ1v) is 11.5. The van der Waals surface area contributed by atoms with Gasteiger partial charge in [0.1, 0.15) is 6.10 Å². The topological polar surface area (TPSA) is 87.6 Å². The Labute approximate surface area is 202 Å². The highest BCUT2D eigenvalue weighted by Crippen LogP contribution is 2.46. The molecule has 3 heterocycles. The molecule has 0 aliphatic carbocycles. The number of phenols is 1. The van der Waals surface area contributed by atoms with E-state index in [9.17, 15) is 14.7 Å². The van der Waals surface area contributed by atoms with Crippen molar-refractivity contribution >= 4 is 10.9 Å². The van der Waals surface area contributed by atoms with E-state index in [4.69, 9.17) is 9.47 Å². The van der Waals surface area contributed by atoms with Gasteiger partial charge >= 0.3 is 5.69 Å². The van der Waals surface area contributed by atoms with Gasteiger partial charge in [-0.1, -0.05) is 35.9 Å². The van der Waals surface area contributed by atoms with Crippen LogP contribution < -0.4 is 16.0 Å². The fraction of sp³-hybridized carbons (Fsp3) is 0.333. The number of aryl methyl sites for hydroxylation is 2. The number of nitrogens with zero attached hydrogens (tertiary/aromatic N) is 3. The normalized spacial score (nSPS) is 16.9. The van der Waals surface area contributed by atoms with Crippen LogP contribution in [0.4, 0.5) is 0 Å². The summed E-state index contributed by atoms with van der Waals surface area (Å²) in [6.07, 6.45) is -0.612. The lowest BCUT2D eigenvalue weighted by molar-refractivity contribution is -0.00716. The van der Waals surface area contributed by atoms with Crippen molar-refractivity contribution in [3.05, 3.63) is 80.1 Å². The zero-order valence-corrected chi connectivity index (χ0v) is 20.7. The molecular formula is C27H29N3O5. The molecular weight excluding hydrogens is 446 g/mol. The maximum atomic E-state index is 13.6. The molecule has 2 aromatic heterocycles. The highest BCUT2D eigenvalue weighted by atomic mass is 16.5. The predicted molar refractivity (Wildman–Crippen MR) is 134 cm³/mol. The van der Waals surface area contributed by atoms with Gasteiger partial charge in [0.15, 0.2) is 11.5 Å². The van der Waals surface area contributed by atoms with Gasteiger partial charge in [-0.2, -0.15) is 0 Å². The van der Waals surface area contributed by atoms with Crippen LogP contribution in [0.25, 0.3) is 22.2 Å². The quantitative estimate of drug-likeness (QED) is 0.489. The molecule has 182 valence electrons. The van der Waals surface area contributed by atoms with E-state index in [1.165, 1.54) is 18.7 Å². The van der Waals surface area contributed by atoms with Crippen molar-refractivity contribution in [3.63, 3.8) is 0 Å². The molecule has 2 aromatic carbocycles. The lowest BCUT2D eigenvalue weighted by Gasteiger charge is -2.39. The van der Waals surface area contributed by atoms with Crippen molar-refractivity contribution in [2.24, 2.45) is 14.1 Å². The van der Waals surface area contributed by atoms with E-state index in [-0.39, 0.29) is 11.3 Å². The SMILES string of the molecule is COc1ccc([C@H]2OCC(C)(C)n3c(-c4ccc(C)cc4)c4c(=O)n(C)c(=O)n(C)c4c32)cc1O. The summed E-state index contributed by atoms with van der Waals surface area (Å²) in [4.78, 5) is 26.7. The number of hydrogen-bond acceptors (Lipinski definition) is 5. The average Bonchev–Trinajstić information content (AvgIpc) is 3.19. The van der Waals surface area contributed by atoms with E-state index in [0.29, 0.717) is 34.5 Å². The Hall–Kier alpha value is -3.78. The number of fused-ring (bicyclic) bond motifs is 3. The number of methoxy groups -OCH3 is 1. The van der Waals surface area contributed by atoms with Gasteiger partial charge in [0.2, 0.25) is 0 Å². The molecule has 5 rings (SSSR count). The zero-order valence-electron chi connectivity index (χ0n) is 20.7. The number of ether oxygens (including phenoxy) is 2. The van der Waals surface area contributed by atoms with Crippen molar-refractivity contribution in [1.82, 2.24) is 13.7 Å².